The van der Waals surface area contributed by atoms with E-state index in [1.54, 1.807) is 20.8 Å². The van der Waals surface area contributed by atoms with Gasteiger partial charge in [0.1, 0.15) is 0 Å². The molecule has 0 fully saturated rings. The lowest BCUT2D eigenvalue weighted by molar-refractivity contribution is -0.321. The van der Waals surface area contributed by atoms with Gasteiger partial charge in [0.05, 0.1) is 12.1 Å². The Kier molecular flexibility index (Phi) is 9.54. The number of nitrogen functional groups attached to an aromatic ring is 1. The van der Waals surface area contributed by atoms with Crippen molar-refractivity contribution in [2.75, 3.05) is 11.1 Å². The van der Waals surface area contributed by atoms with Gasteiger partial charge in [0.25, 0.3) is 0 Å². The molecule has 1 aliphatic rings. The smallest absolute Gasteiger partial charge is 0.161 e. The van der Waals surface area contributed by atoms with Crippen LogP contribution in [0.1, 0.15) is 72.4 Å². The molecule has 4 N–H and O–H groups in total. The lowest BCUT2D eigenvalue weighted by Crippen LogP contribution is -2.36. The van der Waals surface area contributed by atoms with Gasteiger partial charge in [0, 0.05) is 11.4 Å². The molecule has 0 aliphatic carbocycles. The van der Waals surface area contributed by atoms with Crippen LogP contribution in [-0.4, -0.2) is 48.7 Å². The minimum absolute atomic E-state index is 0.0774. The van der Waals surface area contributed by atoms with Gasteiger partial charge in [-0.15, -0.1) is 0 Å². The molecule has 0 bridgehead atoms. The van der Waals surface area contributed by atoms with Crippen LogP contribution in [0.15, 0.2) is 12.1 Å². The second-order valence-corrected chi connectivity index (χ2v) is 8.50. The zero-order chi connectivity index (χ0) is 23.3. The Morgan fingerprint density at radius 1 is 0.839 bits per heavy atom. The van der Waals surface area contributed by atoms with Gasteiger partial charge in [-0.05, 0) is 77.1 Å². The summed E-state index contributed by atoms with van der Waals surface area (Å²) >= 11 is 0. The Morgan fingerprint density at radius 2 is 1.35 bits per heavy atom. The quantitative estimate of drug-likeness (QED) is 0.332. The van der Waals surface area contributed by atoms with E-state index in [2.05, 4.69) is 31.3 Å². The first-order chi connectivity index (χ1) is 14.5. The Balaban J connectivity index is 1.79. The number of ether oxygens (including phenoxy) is 5. The fourth-order valence-corrected chi connectivity index (χ4v) is 3.87. The van der Waals surface area contributed by atoms with E-state index < -0.39 is 31.5 Å². The monoisotopic (exact) mass is 440 g/mol. The summed E-state index contributed by atoms with van der Waals surface area (Å²) in [5.74, 6) is 0.377. The lowest BCUT2D eigenvalue weighted by atomic mass is 9.97. The van der Waals surface area contributed by atoms with Crippen LogP contribution in [0.3, 0.4) is 0 Å². The first-order valence-corrected chi connectivity index (χ1v) is 11.1. The van der Waals surface area contributed by atoms with Crippen molar-refractivity contribution < 1.29 is 28.8 Å². The zero-order valence-electron chi connectivity index (χ0n) is 20.0. The molecule has 1 aliphatic heterocycles. The predicted octanol–water partition coefficient (Wildman–Crippen LogP) is 3.92. The first kappa shape index (κ1) is 25.8. The van der Waals surface area contributed by atoms with Crippen molar-refractivity contribution >= 4 is 11.4 Å². The molecule has 1 aromatic carbocycles. The summed E-state index contributed by atoms with van der Waals surface area (Å²) in [6.45, 7) is 14.9. The molecule has 0 spiro atoms. The van der Waals surface area contributed by atoms with Crippen LogP contribution < -0.4 is 11.1 Å². The van der Waals surface area contributed by atoms with Gasteiger partial charge >= 0.3 is 0 Å². The molecular formula is C23H40N2O6. The van der Waals surface area contributed by atoms with E-state index >= 15 is 0 Å². The number of nitrogens with one attached hydrogen (secondary N) is 1. The summed E-state index contributed by atoms with van der Waals surface area (Å²) in [5, 5.41) is 12.8. The van der Waals surface area contributed by atoms with Crippen LogP contribution in [0.2, 0.25) is 0 Å². The van der Waals surface area contributed by atoms with Crippen molar-refractivity contribution in [2.45, 2.75) is 111 Å². The number of anilines is 2. The van der Waals surface area contributed by atoms with Crippen molar-refractivity contribution in [3.05, 3.63) is 23.3 Å². The number of aliphatic hydroxyl groups excluding tert-OH is 1. The summed E-state index contributed by atoms with van der Waals surface area (Å²) in [6.07, 6.45) is -2.32. The number of fused-ring (bicyclic) bond motifs is 1. The predicted molar refractivity (Wildman–Crippen MR) is 120 cm³/mol. The van der Waals surface area contributed by atoms with Crippen molar-refractivity contribution in [1.29, 1.82) is 0 Å². The standard InChI is InChI=1S/C23H40N2O6/c1-12(2)20-11-23-19(9-21(20)24)10-22(25-23)13(3)27-15(5)29-17(7)31-18(8)30-16(6)28-14(4)26/h9,11-18,22,25-26H,10,24H2,1-8H3. The largest absolute Gasteiger partial charge is 0.398 e. The third kappa shape index (κ3) is 7.89. The Bertz CT molecular complexity index is 699. The summed E-state index contributed by atoms with van der Waals surface area (Å²) in [6, 6.07) is 4.37. The highest BCUT2D eigenvalue weighted by atomic mass is 16.8. The van der Waals surface area contributed by atoms with E-state index in [0.29, 0.717) is 5.92 Å². The number of benzene rings is 1. The molecule has 8 nitrogen and oxygen atoms in total. The van der Waals surface area contributed by atoms with Crippen LogP contribution in [-0.2, 0) is 30.1 Å². The molecule has 1 aromatic rings. The second kappa shape index (κ2) is 11.4. The molecule has 0 amide bonds. The van der Waals surface area contributed by atoms with Crippen LogP contribution in [0.5, 0.6) is 0 Å². The third-order valence-corrected chi connectivity index (χ3v) is 5.22. The average Bonchev–Trinajstić information content (AvgIpc) is 3.02. The van der Waals surface area contributed by atoms with Crippen LogP contribution >= 0.6 is 0 Å². The summed E-state index contributed by atoms with van der Waals surface area (Å²) in [4.78, 5) is 0. The highest BCUT2D eigenvalue weighted by molar-refractivity contribution is 5.66. The number of aliphatic hydroxyl groups is 1. The summed E-state index contributed by atoms with van der Waals surface area (Å²) < 4.78 is 28.1. The molecule has 31 heavy (non-hydrogen) atoms. The highest BCUT2D eigenvalue weighted by Gasteiger charge is 2.29. The topological polar surface area (TPSA) is 104 Å². The van der Waals surface area contributed by atoms with E-state index in [-0.39, 0.29) is 12.1 Å². The minimum Gasteiger partial charge on any atom is -0.398 e. The van der Waals surface area contributed by atoms with Crippen LogP contribution in [0.25, 0.3) is 0 Å². The second-order valence-electron chi connectivity index (χ2n) is 8.50. The average molecular weight is 441 g/mol. The maximum atomic E-state index is 9.22. The fourth-order valence-electron chi connectivity index (χ4n) is 3.87. The molecule has 0 radical (unpaired) electrons. The van der Waals surface area contributed by atoms with Crippen LogP contribution in [0.4, 0.5) is 11.4 Å². The summed E-state index contributed by atoms with van der Waals surface area (Å²) in [5.41, 5.74) is 10.6. The Morgan fingerprint density at radius 3 is 1.87 bits per heavy atom. The van der Waals surface area contributed by atoms with Gasteiger partial charge < -0.3 is 39.8 Å². The molecule has 0 saturated carbocycles. The van der Waals surface area contributed by atoms with E-state index in [1.165, 1.54) is 12.5 Å². The molecule has 0 saturated heterocycles. The first-order valence-electron chi connectivity index (χ1n) is 11.1. The van der Waals surface area contributed by atoms with E-state index in [0.717, 1.165) is 23.4 Å². The normalized spacial score (nSPS) is 21.8. The maximum absolute atomic E-state index is 9.22. The SMILES string of the molecule is CC(O)OC(C)OC(C)OC(C)OC(C)OC(C)C1Cc2cc(N)c(C(C)C)cc2N1. The fraction of sp³-hybridized carbons (Fsp3) is 0.739. The van der Waals surface area contributed by atoms with Crippen molar-refractivity contribution in [3.63, 3.8) is 0 Å². The lowest BCUT2D eigenvalue weighted by Gasteiger charge is -2.28. The van der Waals surface area contributed by atoms with Gasteiger partial charge in [-0.25, -0.2) is 0 Å². The van der Waals surface area contributed by atoms with Crippen molar-refractivity contribution in [2.24, 2.45) is 0 Å². The molecule has 0 aromatic heterocycles. The van der Waals surface area contributed by atoms with Gasteiger partial charge in [-0.1, -0.05) is 13.8 Å². The van der Waals surface area contributed by atoms with E-state index in [4.69, 9.17) is 29.4 Å². The molecule has 1 heterocycles. The number of nitrogens with two attached hydrogens (primary N) is 1. The zero-order valence-corrected chi connectivity index (χ0v) is 20.0. The van der Waals surface area contributed by atoms with E-state index in [9.17, 15) is 5.11 Å². The van der Waals surface area contributed by atoms with Crippen molar-refractivity contribution in [1.82, 2.24) is 0 Å². The Hall–Kier alpha value is -1.42. The van der Waals surface area contributed by atoms with Gasteiger partial charge in [-0.3, -0.25) is 0 Å². The highest BCUT2D eigenvalue weighted by Crippen LogP contribution is 2.35. The maximum Gasteiger partial charge on any atom is 0.161 e. The summed E-state index contributed by atoms with van der Waals surface area (Å²) in [7, 11) is 0. The molecular weight excluding hydrogens is 400 g/mol. The van der Waals surface area contributed by atoms with Crippen LogP contribution in [0, 0.1) is 0 Å². The third-order valence-electron chi connectivity index (χ3n) is 5.22. The minimum atomic E-state index is -0.908. The number of hydrogen-bond acceptors (Lipinski definition) is 8. The molecule has 7 unspecified atom stereocenters. The number of rotatable bonds is 12. The molecule has 7 atom stereocenters. The van der Waals surface area contributed by atoms with Gasteiger partial charge in [0.15, 0.2) is 31.5 Å². The number of hydrogen-bond donors (Lipinski definition) is 3. The van der Waals surface area contributed by atoms with Gasteiger partial charge in [0.2, 0.25) is 0 Å². The van der Waals surface area contributed by atoms with Crippen molar-refractivity contribution in [3.8, 4) is 0 Å². The molecule has 8 heteroatoms. The van der Waals surface area contributed by atoms with Gasteiger partial charge in [-0.2, -0.15) is 0 Å². The molecule has 178 valence electrons. The molecule has 2 rings (SSSR count). The Labute approximate surface area is 186 Å². The van der Waals surface area contributed by atoms with E-state index in [1.807, 2.05) is 13.8 Å².